The number of ether oxygens (including phenoxy) is 1. The molecule has 31 heavy (non-hydrogen) atoms. The number of hydrogen-bond acceptors (Lipinski definition) is 5. The van der Waals surface area contributed by atoms with Crippen molar-refractivity contribution in [3.63, 3.8) is 0 Å². The molecule has 0 amide bonds. The van der Waals surface area contributed by atoms with E-state index in [0.29, 0.717) is 24.6 Å². The summed E-state index contributed by atoms with van der Waals surface area (Å²) in [7, 11) is 1.99. The summed E-state index contributed by atoms with van der Waals surface area (Å²) in [6.07, 6.45) is 0. The molecule has 5 nitrogen and oxygen atoms in total. The number of aryl methyl sites for hydroxylation is 1. The van der Waals surface area contributed by atoms with E-state index < -0.39 is 5.60 Å². The Bertz CT molecular complexity index is 1190. The van der Waals surface area contributed by atoms with Crippen LogP contribution in [0.1, 0.15) is 25.0 Å². The largest absolute Gasteiger partial charge is 0.491 e. The number of aliphatic hydroxyl groups is 1. The third kappa shape index (κ3) is 4.75. The third-order valence-corrected chi connectivity index (χ3v) is 5.21. The minimum atomic E-state index is -1.00. The van der Waals surface area contributed by atoms with Gasteiger partial charge < -0.3 is 19.6 Å². The fourth-order valence-electron chi connectivity index (χ4n) is 3.56. The highest BCUT2D eigenvalue weighted by atomic mass is 16.5. The molecule has 0 saturated carbocycles. The van der Waals surface area contributed by atoms with Crippen molar-refractivity contribution in [3.8, 4) is 17.2 Å². The summed E-state index contributed by atoms with van der Waals surface area (Å²) in [6.45, 7) is 6.83. The van der Waals surface area contributed by atoms with Crippen LogP contribution in [0, 0.1) is 6.92 Å². The Balaban J connectivity index is 1.44. The second kappa shape index (κ2) is 8.48. The van der Waals surface area contributed by atoms with Crippen molar-refractivity contribution in [1.29, 1.82) is 0 Å². The Morgan fingerprint density at radius 1 is 1.10 bits per heavy atom. The monoisotopic (exact) mass is 414 g/mol. The zero-order valence-corrected chi connectivity index (χ0v) is 18.4. The molecule has 0 aliphatic carbocycles. The number of anilines is 1. The van der Waals surface area contributed by atoms with Gasteiger partial charge in [-0.2, -0.15) is 0 Å². The average Bonchev–Trinajstić information content (AvgIpc) is 3.15. The predicted molar refractivity (Wildman–Crippen MR) is 128 cm³/mol. The van der Waals surface area contributed by atoms with Gasteiger partial charge in [-0.3, -0.25) is 0 Å². The molecule has 1 aromatic heterocycles. The van der Waals surface area contributed by atoms with Crippen LogP contribution in [0.5, 0.6) is 5.75 Å². The first-order valence-corrected chi connectivity index (χ1v) is 10.5. The van der Waals surface area contributed by atoms with Crippen molar-refractivity contribution in [2.24, 2.45) is 0 Å². The maximum atomic E-state index is 10.5. The molecule has 0 aliphatic rings. The van der Waals surface area contributed by atoms with Gasteiger partial charge in [0.25, 0.3) is 0 Å². The van der Waals surface area contributed by atoms with Crippen LogP contribution in [-0.2, 0) is 5.60 Å². The number of oxazole rings is 1. The van der Waals surface area contributed by atoms with Crippen molar-refractivity contribution < 1.29 is 14.3 Å². The number of nitrogens with zero attached hydrogens (tertiary/aromatic N) is 1. The lowest BCUT2D eigenvalue weighted by Crippen LogP contribution is -2.18. The zero-order chi connectivity index (χ0) is 22.0. The van der Waals surface area contributed by atoms with Crippen LogP contribution < -0.4 is 15.5 Å². The molecule has 0 saturated heterocycles. The van der Waals surface area contributed by atoms with Gasteiger partial charge in [0.05, 0.1) is 5.60 Å². The van der Waals surface area contributed by atoms with E-state index in [1.807, 2.05) is 75.4 Å². The first-order valence-electron chi connectivity index (χ1n) is 10.5. The summed E-state index contributed by atoms with van der Waals surface area (Å²) in [4.78, 5) is 4.65. The summed E-state index contributed by atoms with van der Waals surface area (Å²) >= 11 is 0. The quantitative estimate of drug-likeness (QED) is 0.356. The average molecular weight is 414 g/mol. The number of aromatic nitrogens is 1. The summed E-state index contributed by atoms with van der Waals surface area (Å²) in [5, 5.41) is 13.9. The van der Waals surface area contributed by atoms with Crippen molar-refractivity contribution in [2.75, 3.05) is 18.5 Å². The molecule has 3 aromatic carbocycles. The van der Waals surface area contributed by atoms with Gasteiger partial charge in [0.15, 0.2) is 5.58 Å². The van der Waals surface area contributed by atoms with Crippen LogP contribution >= 0.6 is 0 Å². The highest BCUT2D eigenvalue weighted by Gasteiger charge is 2.23. The number of hydrogen-bond donors (Lipinski definition) is 2. The second-order valence-electron chi connectivity index (χ2n) is 8.36. The van der Waals surface area contributed by atoms with Crippen molar-refractivity contribution in [3.05, 3.63) is 71.8 Å². The molecule has 0 aliphatic heterocycles. The second-order valence-corrected chi connectivity index (χ2v) is 8.36. The van der Waals surface area contributed by atoms with Gasteiger partial charge in [0.1, 0.15) is 25.7 Å². The Morgan fingerprint density at radius 3 is 2.55 bits per heavy atom. The van der Waals surface area contributed by atoms with Crippen LogP contribution in [0.4, 0.5) is 5.69 Å². The summed E-state index contributed by atoms with van der Waals surface area (Å²) < 4.78 is 11.9. The number of benzene rings is 3. The first kappa shape index (κ1) is 21.0. The molecule has 0 unspecified atom stereocenters. The smallest absolute Gasteiger partial charge is 0.227 e. The van der Waals surface area contributed by atoms with Crippen LogP contribution in [-0.4, -0.2) is 31.1 Å². The Kier molecular flexibility index (Phi) is 5.74. The van der Waals surface area contributed by atoms with Crippen molar-refractivity contribution in [1.82, 2.24) is 4.98 Å². The molecular weight excluding hydrogens is 387 g/mol. The predicted octanol–water partition coefficient (Wildman–Crippen LogP) is 3.78. The Labute approximate surface area is 183 Å². The Morgan fingerprint density at radius 2 is 1.84 bits per heavy atom. The van der Waals surface area contributed by atoms with Gasteiger partial charge in [0.2, 0.25) is 5.89 Å². The summed E-state index contributed by atoms with van der Waals surface area (Å²) in [6, 6.07) is 19.9. The van der Waals surface area contributed by atoms with Crippen LogP contribution in [0.2, 0.25) is 0 Å². The van der Waals surface area contributed by atoms with Gasteiger partial charge >= 0.3 is 0 Å². The molecule has 158 valence electrons. The molecule has 1 heterocycles. The van der Waals surface area contributed by atoms with Gasteiger partial charge in [-0.15, -0.1) is 0 Å². The number of rotatable bonds is 7. The number of nitrogens with one attached hydrogen (secondary N) is 1. The van der Waals surface area contributed by atoms with Crippen molar-refractivity contribution in [2.45, 2.75) is 26.4 Å². The number of fused-ring (bicyclic) bond motifs is 1. The topological polar surface area (TPSA) is 67.5 Å². The lowest BCUT2D eigenvalue weighted by atomic mass is 9.88. The molecule has 0 fully saturated rings. The van der Waals surface area contributed by atoms with Crippen LogP contribution in [0.3, 0.4) is 0 Å². The van der Waals surface area contributed by atoms with E-state index in [1.54, 1.807) is 13.8 Å². The fraction of sp³-hybridized carbons (Fsp3) is 0.240. The van der Waals surface area contributed by atoms with E-state index in [2.05, 4.69) is 10.3 Å². The Hall–Kier alpha value is -3.25. The van der Waals surface area contributed by atoms with E-state index in [9.17, 15) is 5.11 Å². The lowest BCUT2D eigenvalue weighted by Gasteiger charge is -2.18. The highest BCUT2D eigenvalue weighted by molar-refractivity contribution is 6.33. The molecule has 0 spiro atoms. The SMILES string of the molecule is Bc1cc(C(C)(C)O)c2oc(-c3ccc(NCCOc4ccccc4C)cc3)nc2c1. The van der Waals surface area contributed by atoms with E-state index in [-0.39, 0.29) is 0 Å². The standard InChI is InChI=1S/C25H27BN2O3/c1-16-6-4-5-7-22(16)30-13-12-27-19-10-8-17(9-11-19)24-28-21-15-18(26)14-20(23(21)31-24)25(2,3)29/h4-11,14-15,27,29H,12-13,26H2,1-3H3. The van der Waals surface area contributed by atoms with E-state index in [4.69, 9.17) is 9.15 Å². The first-order chi connectivity index (χ1) is 14.8. The van der Waals surface area contributed by atoms with Gasteiger partial charge in [-0.1, -0.05) is 29.7 Å². The normalized spacial score (nSPS) is 11.6. The zero-order valence-electron chi connectivity index (χ0n) is 18.4. The van der Waals surface area contributed by atoms with Crippen molar-refractivity contribution >= 4 is 30.1 Å². The minimum Gasteiger partial charge on any atom is -0.491 e. The molecule has 0 atom stereocenters. The minimum absolute atomic E-state index is 0.542. The molecule has 2 N–H and O–H groups in total. The molecule has 6 heteroatoms. The summed E-state index contributed by atoms with van der Waals surface area (Å²) in [5.41, 5.74) is 5.18. The van der Waals surface area contributed by atoms with E-state index in [0.717, 1.165) is 39.1 Å². The lowest BCUT2D eigenvalue weighted by molar-refractivity contribution is 0.0793. The van der Waals surface area contributed by atoms with Crippen LogP contribution in [0.15, 0.2) is 65.1 Å². The van der Waals surface area contributed by atoms with Crippen LogP contribution in [0.25, 0.3) is 22.6 Å². The van der Waals surface area contributed by atoms with Gasteiger partial charge in [0, 0.05) is 23.4 Å². The molecule has 4 aromatic rings. The van der Waals surface area contributed by atoms with Gasteiger partial charge in [-0.25, -0.2) is 4.98 Å². The molecule has 4 rings (SSSR count). The van der Waals surface area contributed by atoms with E-state index >= 15 is 0 Å². The fourth-order valence-corrected chi connectivity index (χ4v) is 3.56. The summed E-state index contributed by atoms with van der Waals surface area (Å²) in [5.74, 6) is 1.46. The van der Waals surface area contributed by atoms with E-state index in [1.165, 1.54) is 0 Å². The van der Waals surface area contributed by atoms with Gasteiger partial charge in [-0.05, 0) is 62.7 Å². The third-order valence-electron chi connectivity index (χ3n) is 5.21. The maximum Gasteiger partial charge on any atom is 0.227 e. The molecular formula is C25H27BN2O3. The number of para-hydroxylation sites is 1. The highest BCUT2D eigenvalue weighted by Crippen LogP contribution is 2.31. The maximum absolute atomic E-state index is 10.5. The molecule has 0 bridgehead atoms. The molecule has 0 radical (unpaired) electrons.